The van der Waals surface area contributed by atoms with Crippen molar-refractivity contribution in [3.05, 3.63) is 35.8 Å². The van der Waals surface area contributed by atoms with E-state index in [9.17, 15) is 17.6 Å². The Labute approximate surface area is 121 Å². The van der Waals surface area contributed by atoms with Gasteiger partial charge < -0.3 is 9.88 Å². The molecule has 1 aromatic heterocycles. The monoisotopic (exact) mass is 310 g/mol. The molecule has 1 aromatic carbocycles. The van der Waals surface area contributed by atoms with Crippen LogP contribution in [0.2, 0.25) is 0 Å². The summed E-state index contributed by atoms with van der Waals surface area (Å²) in [6.45, 7) is 0. The fraction of sp³-hybridized carbons (Fsp3) is 0.357. The highest BCUT2D eigenvalue weighted by atomic mass is 32.2. The van der Waals surface area contributed by atoms with E-state index in [2.05, 4.69) is 4.98 Å². The molecule has 1 aliphatic heterocycles. The molecule has 1 amide bonds. The van der Waals surface area contributed by atoms with Crippen LogP contribution in [0.1, 0.15) is 16.9 Å². The molecular weight excluding hydrogens is 295 g/mol. The van der Waals surface area contributed by atoms with Crippen LogP contribution in [0.4, 0.5) is 4.39 Å². The lowest BCUT2D eigenvalue weighted by Gasteiger charge is -2.22. The minimum absolute atomic E-state index is 0.00406. The number of carbonyl (C=O) groups is 1. The van der Waals surface area contributed by atoms with Crippen LogP contribution in [0, 0.1) is 5.82 Å². The first-order valence-electron chi connectivity index (χ1n) is 6.61. The highest BCUT2D eigenvalue weighted by molar-refractivity contribution is 7.91. The number of carbonyl (C=O) groups excluding carboxylic acids is 1. The van der Waals surface area contributed by atoms with Gasteiger partial charge in [-0.2, -0.15) is 0 Å². The Morgan fingerprint density at radius 2 is 2.14 bits per heavy atom. The minimum atomic E-state index is -3.04. The van der Waals surface area contributed by atoms with Crippen LogP contribution in [0.25, 0.3) is 10.9 Å². The van der Waals surface area contributed by atoms with Gasteiger partial charge in [0.1, 0.15) is 11.5 Å². The molecule has 1 saturated heterocycles. The van der Waals surface area contributed by atoms with Crippen LogP contribution in [0.15, 0.2) is 24.3 Å². The zero-order valence-corrected chi connectivity index (χ0v) is 12.3. The van der Waals surface area contributed by atoms with E-state index in [0.29, 0.717) is 17.6 Å². The molecule has 1 fully saturated rings. The number of aromatic nitrogens is 1. The van der Waals surface area contributed by atoms with Crippen LogP contribution >= 0.6 is 0 Å². The largest absolute Gasteiger partial charge is 0.350 e. The molecule has 5 nitrogen and oxygen atoms in total. The van der Waals surface area contributed by atoms with Gasteiger partial charge in [-0.15, -0.1) is 0 Å². The normalized spacial score (nSPS) is 20.8. The van der Waals surface area contributed by atoms with E-state index in [1.54, 1.807) is 19.2 Å². The number of aromatic amines is 1. The number of nitrogens with zero attached hydrogens (tertiary/aromatic N) is 1. The topological polar surface area (TPSA) is 70.2 Å². The summed E-state index contributed by atoms with van der Waals surface area (Å²) < 4.78 is 36.1. The average molecular weight is 310 g/mol. The van der Waals surface area contributed by atoms with Gasteiger partial charge in [0.25, 0.3) is 5.91 Å². The Morgan fingerprint density at radius 1 is 1.38 bits per heavy atom. The van der Waals surface area contributed by atoms with E-state index in [-0.39, 0.29) is 29.3 Å². The molecule has 0 aliphatic carbocycles. The van der Waals surface area contributed by atoms with Crippen LogP contribution < -0.4 is 0 Å². The molecule has 3 rings (SSSR count). The van der Waals surface area contributed by atoms with Crippen molar-refractivity contribution in [1.82, 2.24) is 9.88 Å². The van der Waals surface area contributed by atoms with Crippen LogP contribution in [0.3, 0.4) is 0 Å². The Hall–Kier alpha value is -1.89. The number of fused-ring (bicyclic) bond motifs is 1. The van der Waals surface area contributed by atoms with Gasteiger partial charge in [-0.05, 0) is 30.7 Å². The maximum atomic E-state index is 13.2. The van der Waals surface area contributed by atoms with E-state index in [0.717, 1.165) is 5.39 Å². The molecule has 1 unspecified atom stereocenters. The molecule has 0 bridgehead atoms. The second kappa shape index (κ2) is 4.84. The van der Waals surface area contributed by atoms with E-state index in [4.69, 9.17) is 0 Å². The molecule has 7 heteroatoms. The van der Waals surface area contributed by atoms with Gasteiger partial charge in [-0.25, -0.2) is 12.8 Å². The lowest BCUT2D eigenvalue weighted by atomic mass is 10.2. The zero-order chi connectivity index (χ0) is 15.2. The molecule has 112 valence electrons. The molecule has 1 aliphatic rings. The van der Waals surface area contributed by atoms with Crippen molar-refractivity contribution in [3.8, 4) is 0 Å². The van der Waals surface area contributed by atoms with Gasteiger partial charge in [0, 0.05) is 24.0 Å². The molecule has 1 N–H and O–H groups in total. The third-order valence-corrected chi connectivity index (χ3v) is 5.64. The molecule has 0 spiro atoms. The number of amides is 1. The van der Waals surface area contributed by atoms with Crippen LogP contribution in [-0.4, -0.2) is 48.8 Å². The first-order chi connectivity index (χ1) is 9.85. The molecule has 0 radical (unpaired) electrons. The maximum Gasteiger partial charge on any atom is 0.270 e. The molecule has 1 atom stereocenters. The predicted octanol–water partition coefficient (Wildman–Crippen LogP) is 1.57. The quantitative estimate of drug-likeness (QED) is 0.915. The van der Waals surface area contributed by atoms with Crippen molar-refractivity contribution in [2.45, 2.75) is 12.5 Å². The Morgan fingerprint density at radius 3 is 2.81 bits per heavy atom. The first kappa shape index (κ1) is 14.1. The predicted molar refractivity (Wildman–Crippen MR) is 77.4 cm³/mol. The van der Waals surface area contributed by atoms with Crippen molar-refractivity contribution in [2.24, 2.45) is 0 Å². The first-order valence-corrected chi connectivity index (χ1v) is 8.44. The minimum Gasteiger partial charge on any atom is -0.350 e. The van der Waals surface area contributed by atoms with Crippen molar-refractivity contribution < 1.29 is 17.6 Å². The Balaban J connectivity index is 1.86. The summed E-state index contributed by atoms with van der Waals surface area (Å²) >= 11 is 0. The van der Waals surface area contributed by atoms with Gasteiger partial charge >= 0.3 is 0 Å². The molecule has 2 aromatic rings. The van der Waals surface area contributed by atoms with E-state index in [1.807, 2.05) is 0 Å². The second-order valence-electron chi connectivity index (χ2n) is 5.39. The molecule has 0 saturated carbocycles. The van der Waals surface area contributed by atoms with Gasteiger partial charge in [-0.3, -0.25) is 4.79 Å². The Bertz CT molecular complexity index is 813. The van der Waals surface area contributed by atoms with Crippen LogP contribution in [-0.2, 0) is 9.84 Å². The average Bonchev–Trinajstić information content (AvgIpc) is 2.99. The van der Waals surface area contributed by atoms with Crippen molar-refractivity contribution in [1.29, 1.82) is 0 Å². The summed E-state index contributed by atoms with van der Waals surface area (Å²) in [4.78, 5) is 16.7. The van der Waals surface area contributed by atoms with Crippen LogP contribution in [0.5, 0.6) is 0 Å². The summed E-state index contributed by atoms with van der Waals surface area (Å²) in [5.41, 5.74) is 0.883. The molecule has 21 heavy (non-hydrogen) atoms. The number of rotatable bonds is 2. The van der Waals surface area contributed by atoms with Crippen molar-refractivity contribution >= 4 is 26.6 Å². The lowest BCUT2D eigenvalue weighted by Crippen LogP contribution is -2.37. The number of H-pyrrole nitrogens is 1. The maximum absolute atomic E-state index is 13.2. The number of nitrogens with one attached hydrogen (secondary N) is 1. The summed E-state index contributed by atoms with van der Waals surface area (Å²) in [5, 5.41) is 0.743. The second-order valence-corrected chi connectivity index (χ2v) is 7.62. The van der Waals surface area contributed by atoms with Gasteiger partial charge in [0.2, 0.25) is 0 Å². The summed E-state index contributed by atoms with van der Waals surface area (Å²) in [5.74, 6) is -0.538. The highest BCUT2D eigenvalue weighted by Crippen LogP contribution is 2.21. The van der Waals surface area contributed by atoms with E-state index < -0.39 is 9.84 Å². The summed E-state index contributed by atoms with van der Waals surface area (Å²) in [6.07, 6.45) is 0.458. The van der Waals surface area contributed by atoms with Crippen molar-refractivity contribution in [2.75, 3.05) is 18.6 Å². The smallest absolute Gasteiger partial charge is 0.270 e. The highest BCUT2D eigenvalue weighted by Gasteiger charge is 2.33. The number of sulfone groups is 1. The standard InChI is InChI=1S/C14H15FN2O3S/c1-17(11-4-5-21(19,20)8-11)14(18)13-6-9-2-3-10(15)7-12(9)16-13/h2-3,6-7,11,16H,4-5,8H2,1H3. The van der Waals surface area contributed by atoms with E-state index in [1.165, 1.54) is 17.0 Å². The summed E-state index contributed by atoms with van der Waals surface area (Å²) in [7, 11) is -1.44. The lowest BCUT2D eigenvalue weighted by molar-refractivity contribution is 0.0743. The van der Waals surface area contributed by atoms with Crippen molar-refractivity contribution in [3.63, 3.8) is 0 Å². The fourth-order valence-corrected chi connectivity index (χ4v) is 4.43. The molecule has 2 heterocycles. The summed E-state index contributed by atoms with van der Waals surface area (Å²) in [6, 6.07) is 5.60. The number of benzene rings is 1. The zero-order valence-electron chi connectivity index (χ0n) is 11.5. The molecular formula is C14H15FN2O3S. The third-order valence-electron chi connectivity index (χ3n) is 3.89. The number of hydrogen-bond acceptors (Lipinski definition) is 3. The fourth-order valence-electron chi connectivity index (χ4n) is 2.65. The van der Waals surface area contributed by atoms with Gasteiger partial charge in [-0.1, -0.05) is 0 Å². The third kappa shape index (κ3) is 2.65. The number of halogens is 1. The SMILES string of the molecule is CN(C(=O)c1cc2ccc(F)cc2[nH]1)C1CCS(=O)(=O)C1. The van der Waals surface area contributed by atoms with Gasteiger partial charge in [0.15, 0.2) is 9.84 Å². The van der Waals surface area contributed by atoms with E-state index >= 15 is 0 Å². The number of hydrogen-bond donors (Lipinski definition) is 1. The van der Waals surface area contributed by atoms with Gasteiger partial charge in [0.05, 0.1) is 11.5 Å². The Kier molecular flexibility index (Phi) is 3.24.